The van der Waals surface area contributed by atoms with Crippen LogP contribution in [-0.2, 0) is 4.74 Å². The number of rotatable bonds is 6. The monoisotopic (exact) mass is 282 g/mol. The highest BCUT2D eigenvalue weighted by Crippen LogP contribution is 2.13. The van der Waals surface area contributed by atoms with Gasteiger partial charge in [0.25, 0.3) is 5.91 Å². The maximum Gasteiger partial charge on any atom is 0.343 e. The fourth-order valence-electron chi connectivity index (χ4n) is 1.52. The van der Waals surface area contributed by atoms with Crippen LogP contribution in [0.5, 0.6) is 5.75 Å². The molecule has 0 fully saturated rings. The Morgan fingerprint density at radius 1 is 1.40 bits per heavy atom. The van der Waals surface area contributed by atoms with E-state index in [2.05, 4.69) is 15.0 Å². The largest absolute Gasteiger partial charge is 0.487 e. The lowest BCUT2D eigenvalue weighted by Gasteiger charge is -2.10. The van der Waals surface area contributed by atoms with E-state index in [0.717, 1.165) is 19.0 Å². The zero-order chi connectivity index (χ0) is 15.1. The minimum absolute atomic E-state index is 0.0127. The molecule has 0 saturated carbocycles. The number of ether oxygens (including phenoxy) is 2. The predicted octanol–water partition coefficient (Wildman–Crippen LogP) is 0.700. The summed E-state index contributed by atoms with van der Waals surface area (Å²) >= 11 is 0. The van der Waals surface area contributed by atoms with Crippen LogP contribution in [0.3, 0.4) is 0 Å². The van der Waals surface area contributed by atoms with Gasteiger partial charge in [0.05, 0.1) is 13.7 Å². The number of H-pyrrole nitrogens is 1. The molecule has 7 nitrogen and oxygen atoms in total. The van der Waals surface area contributed by atoms with Crippen molar-refractivity contribution in [3.8, 4) is 5.75 Å². The van der Waals surface area contributed by atoms with Crippen LogP contribution < -0.4 is 15.5 Å². The van der Waals surface area contributed by atoms with Crippen molar-refractivity contribution in [3.63, 3.8) is 0 Å². The summed E-state index contributed by atoms with van der Waals surface area (Å²) in [6.45, 7) is 2.26. The summed E-state index contributed by atoms with van der Waals surface area (Å²) in [7, 11) is 2.61. The molecule has 1 rings (SSSR count). The van der Waals surface area contributed by atoms with Gasteiger partial charge in [0.2, 0.25) is 5.43 Å². The first-order chi connectivity index (χ1) is 9.56. The first-order valence-corrected chi connectivity index (χ1v) is 6.25. The summed E-state index contributed by atoms with van der Waals surface area (Å²) in [6, 6.07) is 0. The van der Waals surface area contributed by atoms with Gasteiger partial charge in [-0.05, 0) is 6.42 Å². The highest BCUT2D eigenvalue weighted by atomic mass is 16.5. The SMILES string of the molecule is CCCCOc1c(C(=O)NC)[nH]cc(C(=O)OC)c1=O. The Balaban J connectivity index is 3.26. The molecule has 1 aromatic rings. The lowest BCUT2D eigenvalue weighted by Crippen LogP contribution is -2.27. The van der Waals surface area contributed by atoms with Gasteiger partial charge >= 0.3 is 5.97 Å². The van der Waals surface area contributed by atoms with Crippen LogP contribution in [0.4, 0.5) is 0 Å². The first kappa shape index (κ1) is 15.7. The number of hydrogen-bond donors (Lipinski definition) is 2. The van der Waals surface area contributed by atoms with Crippen LogP contribution in [0, 0.1) is 0 Å². The van der Waals surface area contributed by atoms with Crippen LogP contribution in [0.2, 0.25) is 0 Å². The second kappa shape index (κ2) is 7.32. The molecule has 0 atom stereocenters. The summed E-state index contributed by atoms with van der Waals surface area (Å²) < 4.78 is 9.86. The zero-order valence-corrected chi connectivity index (χ0v) is 11.7. The minimum atomic E-state index is -0.782. The Hall–Kier alpha value is -2.31. The number of hydrogen-bond acceptors (Lipinski definition) is 5. The number of esters is 1. The fraction of sp³-hybridized carbons (Fsp3) is 0.462. The molecule has 0 saturated heterocycles. The van der Waals surface area contributed by atoms with Crippen LogP contribution >= 0.6 is 0 Å². The standard InChI is InChI=1S/C13H18N2O5/c1-4-5-6-20-11-9(12(17)14-2)15-7-8(10(11)16)13(18)19-3/h7H,4-6H2,1-3H3,(H,14,17)(H,15,16). The maximum atomic E-state index is 12.2. The van der Waals surface area contributed by atoms with Gasteiger partial charge in [-0.15, -0.1) is 0 Å². The van der Waals surface area contributed by atoms with Crippen LogP contribution in [0.1, 0.15) is 40.6 Å². The molecule has 7 heteroatoms. The number of carbonyl (C=O) groups is 2. The molecular formula is C13H18N2O5. The molecule has 1 heterocycles. The molecule has 0 radical (unpaired) electrons. The molecule has 0 spiro atoms. The van der Waals surface area contributed by atoms with Crippen molar-refractivity contribution in [2.24, 2.45) is 0 Å². The van der Waals surface area contributed by atoms with Gasteiger partial charge in [-0.1, -0.05) is 13.3 Å². The topological polar surface area (TPSA) is 97.5 Å². The number of carbonyl (C=O) groups excluding carboxylic acids is 2. The molecule has 0 aromatic carbocycles. The average Bonchev–Trinajstić information content (AvgIpc) is 2.47. The number of methoxy groups -OCH3 is 1. The summed E-state index contributed by atoms with van der Waals surface area (Å²) in [4.78, 5) is 37.9. The second-order valence-electron chi connectivity index (χ2n) is 4.01. The van der Waals surface area contributed by atoms with Crippen molar-refractivity contribution in [1.82, 2.24) is 10.3 Å². The number of amides is 1. The lowest BCUT2D eigenvalue weighted by molar-refractivity contribution is 0.0597. The molecule has 0 aliphatic carbocycles. The first-order valence-electron chi connectivity index (χ1n) is 6.25. The van der Waals surface area contributed by atoms with Gasteiger partial charge in [-0.25, -0.2) is 4.79 Å². The van der Waals surface area contributed by atoms with E-state index in [-0.39, 0.29) is 23.6 Å². The Labute approximate surface area is 116 Å². The van der Waals surface area contributed by atoms with Gasteiger partial charge < -0.3 is 19.8 Å². The van der Waals surface area contributed by atoms with Crippen molar-refractivity contribution >= 4 is 11.9 Å². The summed E-state index contributed by atoms with van der Waals surface area (Å²) in [5, 5.41) is 2.40. The number of pyridine rings is 1. The molecule has 20 heavy (non-hydrogen) atoms. The van der Waals surface area contributed by atoms with E-state index in [1.165, 1.54) is 14.2 Å². The highest BCUT2D eigenvalue weighted by molar-refractivity contribution is 5.96. The number of aromatic amines is 1. The molecule has 110 valence electrons. The van der Waals surface area contributed by atoms with E-state index in [4.69, 9.17) is 4.74 Å². The van der Waals surface area contributed by atoms with Gasteiger partial charge in [0.1, 0.15) is 5.56 Å². The van der Waals surface area contributed by atoms with Crippen molar-refractivity contribution in [2.75, 3.05) is 20.8 Å². The van der Waals surface area contributed by atoms with E-state index < -0.39 is 17.3 Å². The Morgan fingerprint density at radius 3 is 2.65 bits per heavy atom. The average molecular weight is 282 g/mol. The fourth-order valence-corrected chi connectivity index (χ4v) is 1.52. The highest BCUT2D eigenvalue weighted by Gasteiger charge is 2.21. The summed E-state index contributed by atoms with van der Waals surface area (Å²) in [6.07, 6.45) is 2.75. The summed E-state index contributed by atoms with van der Waals surface area (Å²) in [5.41, 5.74) is -0.877. The van der Waals surface area contributed by atoms with Crippen molar-refractivity contribution in [2.45, 2.75) is 19.8 Å². The molecule has 0 aliphatic heterocycles. The van der Waals surface area contributed by atoms with Crippen molar-refractivity contribution in [1.29, 1.82) is 0 Å². The molecule has 2 N–H and O–H groups in total. The minimum Gasteiger partial charge on any atom is -0.487 e. The molecule has 0 aliphatic rings. The lowest BCUT2D eigenvalue weighted by atomic mass is 10.2. The summed E-state index contributed by atoms with van der Waals surface area (Å²) in [5.74, 6) is -1.44. The second-order valence-corrected chi connectivity index (χ2v) is 4.01. The third-order valence-electron chi connectivity index (χ3n) is 2.64. The van der Waals surface area contributed by atoms with Crippen molar-refractivity contribution in [3.05, 3.63) is 27.7 Å². The number of aromatic nitrogens is 1. The number of nitrogens with one attached hydrogen (secondary N) is 2. The van der Waals surface area contributed by atoms with Gasteiger partial charge in [-0.3, -0.25) is 9.59 Å². The zero-order valence-electron chi connectivity index (χ0n) is 11.7. The van der Waals surface area contributed by atoms with Crippen LogP contribution in [0.25, 0.3) is 0 Å². The van der Waals surface area contributed by atoms with E-state index in [9.17, 15) is 14.4 Å². The predicted molar refractivity (Wildman–Crippen MR) is 72.2 cm³/mol. The van der Waals surface area contributed by atoms with E-state index in [1.54, 1.807) is 0 Å². The van der Waals surface area contributed by atoms with Crippen LogP contribution in [0.15, 0.2) is 11.0 Å². The third kappa shape index (κ3) is 3.37. The smallest absolute Gasteiger partial charge is 0.343 e. The van der Waals surface area contributed by atoms with E-state index in [1.807, 2.05) is 6.92 Å². The van der Waals surface area contributed by atoms with Gasteiger partial charge in [-0.2, -0.15) is 0 Å². The molecule has 0 bridgehead atoms. The Morgan fingerprint density at radius 2 is 2.10 bits per heavy atom. The van der Waals surface area contributed by atoms with Gasteiger partial charge in [0, 0.05) is 13.2 Å². The maximum absolute atomic E-state index is 12.2. The third-order valence-corrected chi connectivity index (χ3v) is 2.64. The van der Waals surface area contributed by atoms with E-state index in [0.29, 0.717) is 0 Å². The Bertz CT molecular complexity index is 550. The van der Waals surface area contributed by atoms with E-state index >= 15 is 0 Å². The van der Waals surface area contributed by atoms with Crippen LogP contribution in [-0.4, -0.2) is 37.6 Å². The Kier molecular flexibility index (Phi) is 5.76. The quantitative estimate of drug-likeness (QED) is 0.591. The molecule has 1 amide bonds. The number of unbranched alkanes of at least 4 members (excludes halogenated alkanes) is 1. The molecule has 0 unspecified atom stereocenters. The normalized spacial score (nSPS) is 9.95. The van der Waals surface area contributed by atoms with Crippen molar-refractivity contribution < 1.29 is 19.1 Å². The van der Waals surface area contributed by atoms with Gasteiger partial charge in [0.15, 0.2) is 11.4 Å². The molecular weight excluding hydrogens is 264 g/mol. The molecule has 1 aromatic heterocycles.